The Kier molecular flexibility index (Phi) is 4.74. The lowest BCUT2D eigenvalue weighted by Gasteiger charge is -2.15. The molecule has 0 amide bonds. The molecule has 0 fully saturated rings. The van der Waals surface area contributed by atoms with Crippen LogP contribution in [0.3, 0.4) is 0 Å². The van der Waals surface area contributed by atoms with Crippen LogP contribution in [0.25, 0.3) is 0 Å². The Morgan fingerprint density at radius 1 is 1.24 bits per heavy atom. The third-order valence-electron chi connectivity index (χ3n) is 3.17. The van der Waals surface area contributed by atoms with Gasteiger partial charge in [0.25, 0.3) is 0 Å². The van der Waals surface area contributed by atoms with Crippen LogP contribution in [-0.4, -0.2) is 9.97 Å². The Labute approximate surface area is 131 Å². The monoisotopic (exact) mass is 353 g/mol. The summed E-state index contributed by atoms with van der Waals surface area (Å²) in [6.45, 7) is 5.70. The molecule has 0 saturated heterocycles. The number of nitrogens with one attached hydrogen (secondary N) is 2. The highest BCUT2D eigenvalue weighted by Gasteiger charge is 2.12. The number of rotatable bonds is 4. The average molecular weight is 354 g/mol. The number of aryl methyl sites for hydroxylation is 2. The van der Waals surface area contributed by atoms with Crippen molar-refractivity contribution in [2.75, 3.05) is 10.7 Å². The van der Waals surface area contributed by atoms with Crippen molar-refractivity contribution in [2.24, 2.45) is 5.84 Å². The van der Waals surface area contributed by atoms with Gasteiger partial charge in [-0.05, 0) is 47.5 Å². The van der Waals surface area contributed by atoms with Gasteiger partial charge in [0.15, 0.2) is 0 Å². The quantitative estimate of drug-likeness (QED) is 0.578. The molecule has 7 heteroatoms. The fourth-order valence-electron chi connectivity index (χ4n) is 1.89. The maximum Gasteiger partial charge on any atom is 0.148 e. The first-order valence-electron chi connectivity index (χ1n) is 6.53. The lowest BCUT2D eigenvalue weighted by atomic mass is 10.2. The second-order valence-electron chi connectivity index (χ2n) is 4.67. The van der Waals surface area contributed by atoms with Crippen LogP contribution in [-0.2, 0) is 6.42 Å². The SMILES string of the molecule is CCc1nc(NN)c(C)c(Nc2cc(F)c(Br)cc2C)n1. The van der Waals surface area contributed by atoms with Crippen LogP contribution in [0.2, 0.25) is 0 Å². The normalized spacial score (nSPS) is 10.6. The highest BCUT2D eigenvalue weighted by Crippen LogP contribution is 2.28. The highest BCUT2D eigenvalue weighted by atomic mass is 79.9. The third kappa shape index (κ3) is 3.30. The van der Waals surface area contributed by atoms with Gasteiger partial charge in [0.05, 0.1) is 4.47 Å². The molecular weight excluding hydrogens is 337 g/mol. The molecule has 0 bridgehead atoms. The van der Waals surface area contributed by atoms with E-state index in [1.807, 2.05) is 20.8 Å². The largest absolute Gasteiger partial charge is 0.340 e. The van der Waals surface area contributed by atoms with Crippen LogP contribution < -0.4 is 16.6 Å². The van der Waals surface area contributed by atoms with Gasteiger partial charge in [-0.25, -0.2) is 20.2 Å². The van der Waals surface area contributed by atoms with Crippen LogP contribution >= 0.6 is 15.9 Å². The zero-order valence-corrected chi connectivity index (χ0v) is 13.7. The smallest absolute Gasteiger partial charge is 0.148 e. The van der Waals surface area contributed by atoms with Gasteiger partial charge in [-0.1, -0.05) is 6.92 Å². The standard InChI is InChI=1S/C14H17BrFN5/c1-4-12-19-13(8(3)14(20-12)21-17)18-11-6-10(16)9(15)5-7(11)2/h5-6H,4,17H2,1-3H3,(H2,18,19,20,21). The van der Waals surface area contributed by atoms with E-state index in [1.54, 1.807) is 6.07 Å². The Bertz CT molecular complexity index is 675. The van der Waals surface area contributed by atoms with Gasteiger partial charge in [0, 0.05) is 17.7 Å². The van der Waals surface area contributed by atoms with Gasteiger partial charge in [0.1, 0.15) is 23.3 Å². The minimum absolute atomic E-state index is 0.331. The molecule has 0 radical (unpaired) electrons. The van der Waals surface area contributed by atoms with Crippen molar-refractivity contribution in [1.29, 1.82) is 0 Å². The van der Waals surface area contributed by atoms with Crippen molar-refractivity contribution in [2.45, 2.75) is 27.2 Å². The Morgan fingerprint density at radius 3 is 2.52 bits per heavy atom. The van der Waals surface area contributed by atoms with Crippen molar-refractivity contribution >= 4 is 33.3 Å². The molecular formula is C14H17BrFN5. The molecule has 21 heavy (non-hydrogen) atoms. The highest BCUT2D eigenvalue weighted by molar-refractivity contribution is 9.10. The topological polar surface area (TPSA) is 75.9 Å². The molecule has 0 atom stereocenters. The Balaban J connectivity index is 2.46. The summed E-state index contributed by atoms with van der Waals surface area (Å²) in [5, 5.41) is 3.15. The molecule has 1 aromatic carbocycles. The van der Waals surface area contributed by atoms with Crippen molar-refractivity contribution in [1.82, 2.24) is 9.97 Å². The van der Waals surface area contributed by atoms with E-state index in [2.05, 4.69) is 36.6 Å². The molecule has 4 N–H and O–H groups in total. The third-order valence-corrected chi connectivity index (χ3v) is 3.77. The molecule has 0 saturated carbocycles. The van der Waals surface area contributed by atoms with E-state index in [0.29, 0.717) is 34.0 Å². The lowest BCUT2D eigenvalue weighted by Crippen LogP contribution is -2.14. The predicted octanol–water partition coefficient (Wildman–Crippen LogP) is 3.59. The van der Waals surface area contributed by atoms with Gasteiger partial charge in [-0.15, -0.1) is 0 Å². The molecule has 2 rings (SSSR count). The number of hydrogen-bond donors (Lipinski definition) is 3. The minimum atomic E-state index is -0.331. The average Bonchev–Trinajstić information content (AvgIpc) is 2.46. The molecule has 1 heterocycles. The van der Waals surface area contributed by atoms with Crippen molar-refractivity contribution in [3.8, 4) is 0 Å². The summed E-state index contributed by atoms with van der Waals surface area (Å²) in [6.07, 6.45) is 0.678. The number of nitrogen functional groups attached to an aromatic ring is 1. The van der Waals surface area contributed by atoms with Crippen LogP contribution in [0.4, 0.5) is 21.7 Å². The number of aromatic nitrogens is 2. The molecule has 0 unspecified atom stereocenters. The van der Waals surface area contributed by atoms with Gasteiger partial charge in [0.2, 0.25) is 0 Å². The minimum Gasteiger partial charge on any atom is -0.340 e. The predicted molar refractivity (Wildman–Crippen MR) is 86.1 cm³/mol. The van der Waals surface area contributed by atoms with E-state index in [-0.39, 0.29) is 5.82 Å². The summed E-state index contributed by atoms with van der Waals surface area (Å²) in [5.74, 6) is 6.97. The van der Waals surface area contributed by atoms with Crippen molar-refractivity contribution in [3.63, 3.8) is 0 Å². The summed E-state index contributed by atoms with van der Waals surface area (Å²) in [6, 6.07) is 3.15. The Hall–Kier alpha value is -1.73. The first kappa shape index (κ1) is 15.7. The van der Waals surface area contributed by atoms with Gasteiger partial charge in [-0.3, -0.25) is 0 Å². The van der Waals surface area contributed by atoms with Gasteiger partial charge in [-0.2, -0.15) is 0 Å². The number of halogens is 2. The summed E-state index contributed by atoms with van der Waals surface area (Å²) in [4.78, 5) is 8.73. The number of benzene rings is 1. The maximum absolute atomic E-state index is 13.7. The Morgan fingerprint density at radius 2 is 1.90 bits per heavy atom. The molecule has 2 aromatic rings. The zero-order valence-electron chi connectivity index (χ0n) is 12.1. The lowest BCUT2D eigenvalue weighted by molar-refractivity contribution is 0.621. The first-order valence-corrected chi connectivity index (χ1v) is 7.32. The van der Waals surface area contributed by atoms with E-state index >= 15 is 0 Å². The number of nitrogens with two attached hydrogens (primary N) is 1. The van der Waals surface area contributed by atoms with E-state index in [9.17, 15) is 4.39 Å². The van der Waals surface area contributed by atoms with E-state index in [4.69, 9.17) is 5.84 Å². The summed E-state index contributed by atoms with van der Waals surface area (Å²) >= 11 is 3.17. The molecule has 0 aliphatic rings. The summed E-state index contributed by atoms with van der Waals surface area (Å²) in [5.41, 5.74) is 4.89. The first-order chi connectivity index (χ1) is 9.96. The summed E-state index contributed by atoms with van der Waals surface area (Å²) in [7, 11) is 0. The van der Waals surface area contributed by atoms with E-state index in [1.165, 1.54) is 6.07 Å². The van der Waals surface area contributed by atoms with Gasteiger partial charge < -0.3 is 10.7 Å². The fraction of sp³-hybridized carbons (Fsp3) is 0.286. The van der Waals surface area contributed by atoms with Crippen LogP contribution in [0.1, 0.15) is 23.9 Å². The van der Waals surface area contributed by atoms with Crippen molar-refractivity contribution < 1.29 is 4.39 Å². The number of hydrazine groups is 1. The maximum atomic E-state index is 13.7. The second-order valence-corrected chi connectivity index (χ2v) is 5.52. The van der Waals surface area contributed by atoms with Crippen molar-refractivity contribution in [3.05, 3.63) is 39.4 Å². The van der Waals surface area contributed by atoms with Gasteiger partial charge >= 0.3 is 0 Å². The molecule has 112 valence electrons. The number of nitrogens with zero attached hydrogens (tertiary/aromatic N) is 2. The molecule has 1 aromatic heterocycles. The van der Waals surface area contributed by atoms with Crippen LogP contribution in [0.15, 0.2) is 16.6 Å². The number of anilines is 3. The number of hydrogen-bond acceptors (Lipinski definition) is 5. The van der Waals surface area contributed by atoms with E-state index < -0.39 is 0 Å². The zero-order chi connectivity index (χ0) is 15.6. The van der Waals surface area contributed by atoms with Crippen LogP contribution in [0.5, 0.6) is 0 Å². The summed E-state index contributed by atoms with van der Waals surface area (Å²) < 4.78 is 14.1. The molecule has 0 aliphatic heterocycles. The molecule has 0 spiro atoms. The molecule has 0 aliphatic carbocycles. The van der Waals surface area contributed by atoms with E-state index in [0.717, 1.165) is 11.1 Å². The second kappa shape index (κ2) is 6.36. The molecule has 5 nitrogen and oxygen atoms in total. The fourth-order valence-corrected chi connectivity index (χ4v) is 2.35. The van der Waals surface area contributed by atoms with Crippen LogP contribution in [0, 0.1) is 19.7 Å².